The molecule has 0 aliphatic carbocycles. The lowest BCUT2D eigenvalue weighted by atomic mass is 10.1. The van der Waals surface area contributed by atoms with Gasteiger partial charge in [-0.3, -0.25) is 4.72 Å². The van der Waals surface area contributed by atoms with Gasteiger partial charge in [0.1, 0.15) is 0 Å². The van der Waals surface area contributed by atoms with Crippen LogP contribution in [0.5, 0.6) is 0 Å². The lowest BCUT2D eigenvalue weighted by Crippen LogP contribution is -2.13. The van der Waals surface area contributed by atoms with Crippen molar-refractivity contribution in [2.75, 3.05) is 29.0 Å². The van der Waals surface area contributed by atoms with E-state index in [0.29, 0.717) is 11.5 Å². The normalized spacial score (nSPS) is 11.1. The van der Waals surface area contributed by atoms with Crippen molar-refractivity contribution in [3.05, 3.63) is 65.9 Å². The second-order valence-corrected chi connectivity index (χ2v) is 8.43. The van der Waals surface area contributed by atoms with Gasteiger partial charge in [-0.1, -0.05) is 6.07 Å². The van der Waals surface area contributed by atoms with Gasteiger partial charge in [0.25, 0.3) is 10.0 Å². The third-order valence-electron chi connectivity index (χ3n) is 4.35. The minimum Gasteiger partial charge on any atom is -0.376 e. The summed E-state index contributed by atoms with van der Waals surface area (Å²) in [5.74, 6) is 0.606. The fourth-order valence-corrected chi connectivity index (χ4v) is 3.67. The SMILES string of the molecule is Cc1ccc(S(=O)(=O)Nc2ccc(Nc3cc(N(C)C)cnn3)cc2)cc1C. The molecule has 0 aliphatic rings. The molecular formula is C20H23N5O2S. The van der Waals surface area contributed by atoms with E-state index in [4.69, 9.17) is 0 Å². The predicted molar refractivity (Wildman–Crippen MR) is 113 cm³/mol. The highest BCUT2D eigenvalue weighted by atomic mass is 32.2. The molecule has 3 aromatic rings. The Bertz CT molecular complexity index is 1080. The largest absolute Gasteiger partial charge is 0.376 e. The van der Waals surface area contributed by atoms with Crippen molar-refractivity contribution in [1.82, 2.24) is 10.2 Å². The van der Waals surface area contributed by atoms with Crippen LogP contribution in [0.1, 0.15) is 11.1 Å². The Hall–Kier alpha value is -3.13. The monoisotopic (exact) mass is 397 g/mol. The summed E-state index contributed by atoms with van der Waals surface area (Å²) >= 11 is 0. The molecule has 0 atom stereocenters. The molecule has 2 aromatic carbocycles. The number of aryl methyl sites for hydroxylation is 2. The highest BCUT2D eigenvalue weighted by Gasteiger charge is 2.15. The van der Waals surface area contributed by atoms with Crippen LogP contribution >= 0.6 is 0 Å². The van der Waals surface area contributed by atoms with Gasteiger partial charge in [-0.25, -0.2) is 8.42 Å². The first-order chi connectivity index (χ1) is 13.2. The molecule has 0 saturated carbocycles. The average Bonchev–Trinajstić information content (AvgIpc) is 2.65. The lowest BCUT2D eigenvalue weighted by Gasteiger charge is -2.13. The molecule has 0 amide bonds. The number of benzene rings is 2. The molecule has 7 nitrogen and oxygen atoms in total. The molecule has 0 aliphatic heterocycles. The number of nitrogens with zero attached hydrogens (tertiary/aromatic N) is 3. The van der Waals surface area contributed by atoms with Gasteiger partial charge in [0, 0.05) is 31.5 Å². The van der Waals surface area contributed by atoms with Crippen molar-refractivity contribution < 1.29 is 8.42 Å². The van der Waals surface area contributed by atoms with Gasteiger partial charge >= 0.3 is 0 Å². The van der Waals surface area contributed by atoms with Crippen molar-refractivity contribution in [1.29, 1.82) is 0 Å². The summed E-state index contributed by atoms with van der Waals surface area (Å²) in [4.78, 5) is 2.18. The van der Waals surface area contributed by atoms with Crippen LogP contribution in [0.25, 0.3) is 0 Å². The molecule has 3 rings (SSSR count). The molecule has 0 radical (unpaired) electrons. The zero-order chi connectivity index (χ0) is 20.3. The van der Waals surface area contributed by atoms with Crippen LogP contribution in [-0.2, 0) is 10.0 Å². The Morgan fingerprint density at radius 2 is 1.57 bits per heavy atom. The van der Waals surface area contributed by atoms with E-state index in [1.54, 1.807) is 48.7 Å². The first-order valence-corrected chi connectivity index (χ1v) is 10.2. The Morgan fingerprint density at radius 1 is 0.893 bits per heavy atom. The average molecular weight is 398 g/mol. The van der Waals surface area contributed by atoms with Crippen molar-refractivity contribution in [2.45, 2.75) is 18.7 Å². The molecule has 28 heavy (non-hydrogen) atoms. The van der Waals surface area contributed by atoms with Gasteiger partial charge in [-0.15, -0.1) is 5.10 Å². The van der Waals surface area contributed by atoms with Crippen molar-refractivity contribution in [3.63, 3.8) is 0 Å². The highest BCUT2D eigenvalue weighted by Crippen LogP contribution is 2.22. The number of hydrogen-bond donors (Lipinski definition) is 2. The van der Waals surface area contributed by atoms with Gasteiger partial charge in [0.05, 0.1) is 16.8 Å². The lowest BCUT2D eigenvalue weighted by molar-refractivity contribution is 0.601. The Morgan fingerprint density at radius 3 is 2.21 bits per heavy atom. The van der Waals surface area contributed by atoms with Gasteiger partial charge in [0.2, 0.25) is 0 Å². The number of nitrogens with one attached hydrogen (secondary N) is 2. The first kappa shape index (κ1) is 19.6. The second-order valence-electron chi connectivity index (χ2n) is 6.75. The van der Waals surface area contributed by atoms with E-state index >= 15 is 0 Å². The van der Waals surface area contributed by atoms with Crippen molar-refractivity contribution in [2.24, 2.45) is 0 Å². The quantitative estimate of drug-likeness (QED) is 0.659. The summed E-state index contributed by atoms with van der Waals surface area (Å²) in [6, 6.07) is 13.9. The summed E-state index contributed by atoms with van der Waals surface area (Å²) in [5, 5.41) is 11.2. The van der Waals surface area contributed by atoms with Crippen LogP contribution in [0.3, 0.4) is 0 Å². The maximum absolute atomic E-state index is 12.6. The standard InChI is InChI=1S/C20H23N5O2S/c1-14-5-10-19(11-15(14)2)28(26,27)24-17-8-6-16(7-9-17)22-20-12-18(25(3)4)13-21-23-20/h5-13,24H,1-4H3,(H,22,23). The Balaban J connectivity index is 1.73. The van der Waals surface area contributed by atoms with Crippen molar-refractivity contribution >= 4 is 32.9 Å². The molecule has 1 aromatic heterocycles. The first-order valence-electron chi connectivity index (χ1n) is 8.72. The van der Waals surface area contributed by atoms with Crippen LogP contribution in [0, 0.1) is 13.8 Å². The summed E-state index contributed by atoms with van der Waals surface area (Å²) in [6.07, 6.45) is 1.68. The number of rotatable bonds is 6. The Labute approximate surface area is 165 Å². The molecule has 2 N–H and O–H groups in total. The van der Waals surface area contributed by atoms with E-state index in [9.17, 15) is 8.42 Å². The molecular weight excluding hydrogens is 374 g/mol. The predicted octanol–water partition coefficient (Wildman–Crippen LogP) is 3.70. The van der Waals surface area contributed by atoms with Gasteiger partial charge < -0.3 is 10.2 Å². The fourth-order valence-electron chi connectivity index (χ4n) is 2.53. The summed E-state index contributed by atoms with van der Waals surface area (Å²) < 4.78 is 27.8. The summed E-state index contributed by atoms with van der Waals surface area (Å²) in [6.45, 7) is 3.84. The zero-order valence-corrected chi connectivity index (χ0v) is 17.1. The zero-order valence-electron chi connectivity index (χ0n) is 16.3. The summed E-state index contributed by atoms with van der Waals surface area (Å²) in [7, 11) is 0.218. The molecule has 0 saturated heterocycles. The van der Waals surface area contributed by atoms with Crippen LogP contribution in [0.4, 0.5) is 22.9 Å². The maximum Gasteiger partial charge on any atom is 0.261 e. The fraction of sp³-hybridized carbons (Fsp3) is 0.200. The van der Waals surface area contributed by atoms with Crippen LogP contribution in [0.2, 0.25) is 0 Å². The molecule has 0 bridgehead atoms. The van der Waals surface area contributed by atoms with E-state index in [1.165, 1.54) is 0 Å². The Kier molecular flexibility index (Phi) is 5.51. The molecule has 146 valence electrons. The molecule has 8 heteroatoms. The number of sulfonamides is 1. The van der Waals surface area contributed by atoms with Crippen LogP contribution in [-0.4, -0.2) is 32.7 Å². The van der Waals surface area contributed by atoms with Crippen molar-refractivity contribution in [3.8, 4) is 0 Å². The minimum absolute atomic E-state index is 0.244. The van der Waals surface area contributed by atoms with E-state index in [1.807, 2.05) is 38.9 Å². The third-order valence-corrected chi connectivity index (χ3v) is 5.73. The topological polar surface area (TPSA) is 87.2 Å². The van der Waals surface area contributed by atoms with Crippen LogP contribution in [0.15, 0.2) is 59.6 Å². The number of hydrogen-bond acceptors (Lipinski definition) is 6. The molecule has 0 unspecified atom stereocenters. The van der Waals surface area contributed by atoms with Crippen LogP contribution < -0.4 is 14.9 Å². The summed E-state index contributed by atoms with van der Waals surface area (Å²) in [5.41, 5.74) is 4.17. The second kappa shape index (κ2) is 7.85. The molecule has 0 spiro atoms. The maximum atomic E-state index is 12.6. The van der Waals surface area contributed by atoms with E-state index in [2.05, 4.69) is 20.2 Å². The van der Waals surface area contributed by atoms with E-state index in [-0.39, 0.29) is 4.90 Å². The smallest absolute Gasteiger partial charge is 0.261 e. The molecule has 0 fully saturated rings. The van der Waals surface area contributed by atoms with Gasteiger partial charge in [-0.2, -0.15) is 5.10 Å². The van der Waals surface area contributed by atoms with Gasteiger partial charge in [0.15, 0.2) is 5.82 Å². The third kappa shape index (κ3) is 4.58. The minimum atomic E-state index is -3.64. The van der Waals surface area contributed by atoms with E-state index in [0.717, 1.165) is 22.5 Å². The molecule has 1 heterocycles. The highest BCUT2D eigenvalue weighted by molar-refractivity contribution is 7.92. The van der Waals surface area contributed by atoms with E-state index < -0.39 is 10.0 Å². The van der Waals surface area contributed by atoms with Gasteiger partial charge in [-0.05, 0) is 61.4 Å². The number of anilines is 4. The number of aromatic nitrogens is 2.